The van der Waals surface area contributed by atoms with Crippen LogP contribution >= 0.6 is 31.9 Å². The molecule has 3 N–H and O–H groups in total. The Morgan fingerprint density at radius 1 is 1.35 bits per heavy atom. The summed E-state index contributed by atoms with van der Waals surface area (Å²) in [5.74, 6) is 0.236. The van der Waals surface area contributed by atoms with E-state index in [-0.39, 0.29) is 16.5 Å². The van der Waals surface area contributed by atoms with Crippen LogP contribution in [0.15, 0.2) is 26.0 Å². The molecule has 0 amide bonds. The van der Waals surface area contributed by atoms with E-state index in [0.717, 1.165) is 4.47 Å². The van der Waals surface area contributed by atoms with Crippen LogP contribution in [-0.2, 0) is 10.0 Å². The topological polar surface area (TPSA) is 72.2 Å². The van der Waals surface area contributed by atoms with Crippen LogP contribution in [-0.4, -0.2) is 15.0 Å². The van der Waals surface area contributed by atoms with Crippen LogP contribution in [0, 0.1) is 5.92 Å². The van der Waals surface area contributed by atoms with Crippen LogP contribution in [0.25, 0.3) is 0 Å². The molecule has 1 rings (SSSR count). The highest BCUT2D eigenvalue weighted by molar-refractivity contribution is 9.11. The molecule has 17 heavy (non-hydrogen) atoms. The molecular weight excluding hydrogens is 372 g/mol. The first kappa shape index (κ1) is 14.9. The number of benzene rings is 1. The van der Waals surface area contributed by atoms with Crippen molar-refractivity contribution in [2.45, 2.75) is 18.7 Å². The summed E-state index contributed by atoms with van der Waals surface area (Å²) in [6, 6.07) is 3.22. The summed E-state index contributed by atoms with van der Waals surface area (Å²) < 4.78 is 27.8. The van der Waals surface area contributed by atoms with Crippen molar-refractivity contribution in [1.82, 2.24) is 4.72 Å². The second kappa shape index (κ2) is 5.69. The van der Waals surface area contributed by atoms with Gasteiger partial charge in [-0.2, -0.15) is 0 Å². The van der Waals surface area contributed by atoms with Gasteiger partial charge in [-0.1, -0.05) is 29.8 Å². The fraction of sp³-hybridized carbons (Fsp3) is 0.400. The van der Waals surface area contributed by atoms with Gasteiger partial charge in [-0.05, 0) is 34.0 Å². The summed E-state index contributed by atoms with van der Waals surface area (Å²) in [5.41, 5.74) is 5.95. The molecular formula is C10H14Br2N2O2S. The Morgan fingerprint density at radius 3 is 2.41 bits per heavy atom. The van der Waals surface area contributed by atoms with Gasteiger partial charge < -0.3 is 5.73 Å². The maximum Gasteiger partial charge on any atom is 0.243 e. The van der Waals surface area contributed by atoms with Crippen LogP contribution in [0.3, 0.4) is 0 Å². The van der Waals surface area contributed by atoms with Gasteiger partial charge in [0, 0.05) is 15.5 Å². The monoisotopic (exact) mass is 384 g/mol. The van der Waals surface area contributed by atoms with Crippen molar-refractivity contribution in [2.75, 3.05) is 12.3 Å². The first-order valence-electron chi connectivity index (χ1n) is 4.98. The molecule has 0 unspecified atom stereocenters. The number of halogens is 2. The summed E-state index contributed by atoms with van der Waals surface area (Å²) in [6.45, 7) is 4.25. The minimum atomic E-state index is -3.58. The lowest BCUT2D eigenvalue weighted by molar-refractivity contribution is 0.560. The fourth-order valence-electron chi connectivity index (χ4n) is 1.21. The molecule has 0 aliphatic rings. The Balaban J connectivity index is 3.16. The van der Waals surface area contributed by atoms with Crippen molar-refractivity contribution in [3.8, 4) is 0 Å². The Bertz CT molecular complexity index is 492. The quantitative estimate of drug-likeness (QED) is 0.782. The number of nitrogens with one attached hydrogen (secondary N) is 1. The first-order valence-corrected chi connectivity index (χ1v) is 8.05. The molecule has 0 saturated heterocycles. The van der Waals surface area contributed by atoms with Gasteiger partial charge in [0.25, 0.3) is 0 Å². The number of sulfonamides is 1. The second-order valence-electron chi connectivity index (χ2n) is 4.05. The zero-order valence-electron chi connectivity index (χ0n) is 9.50. The van der Waals surface area contributed by atoms with Crippen LogP contribution in [0.1, 0.15) is 13.8 Å². The van der Waals surface area contributed by atoms with E-state index in [4.69, 9.17) is 5.73 Å². The number of anilines is 1. The average molecular weight is 386 g/mol. The van der Waals surface area contributed by atoms with Crippen LogP contribution in [0.5, 0.6) is 0 Å². The third-order valence-electron chi connectivity index (χ3n) is 1.99. The van der Waals surface area contributed by atoms with E-state index in [1.165, 1.54) is 0 Å². The molecule has 0 fully saturated rings. The molecule has 0 spiro atoms. The number of rotatable bonds is 4. The van der Waals surface area contributed by atoms with E-state index in [1.54, 1.807) is 12.1 Å². The van der Waals surface area contributed by atoms with Crippen molar-refractivity contribution >= 4 is 47.6 Å². The number of hydrogen-bond acceptors (Lipinski definition) is 3. The van der Waals surface area contributed by atoms with Crippen molar-refractivity contribution in [3.05, 3.63) is 21.1 Å². The maximum atomic E-state index is 12.1. The van der Waals surface area contributed by atoms with Gasteiger partial charge in [0.05, 0.1) is 5.69 Å². The summed E-state index contributed by atoms with van der Waals surface area (Å²) in [5, 5.41) is 0. The molecule has 0 aliphatic carbocycles. The highest BCUT2D eigenvalue weighted by atomic mass is 79.9. The Hall–Kier alpha value is -0.110. The minimum Gasteiger partial charge on any atom is -0.398 e. The molecule has 7 heteroatoms. The van der Waals surface area contributed by atoms with Gasteiger partial charge in [-0.15, -0.1) is 0 Å². The Labute approximate surface area is 118 Å². The number of hydrogen-bond donors (Lipinski definition) is 2. The van der Waals surface area contributed by atoms with Crippen LogP contribution in [0.4, 0.5) is 5.69 Å². The Kier molecular flexibility index (Phi) is 5.00. The standard InChI is InChI=1S/C10H14Br2N2O2S/c1-6(2)5-14-17(15,16)10-8(12)3-7(11)4-9(10)13/h3-4,6,14H,5,13H2,1-2H3. The molecule has 4 nitrogen and oxygen atoms in total. The zero-order valence-corrected chi connectivity index (χ0v) is 13.5. The maximum absolute atomic E-state index is 12.1. The van der Waals surface area contributed by atoms with Gasteiger partial charge in [0.1, 0.15) is 4.90 Å². The zero-order chi connectivity index (χ0) is 13.2. The van der Waals surface area contributed by atoms with Crippen LogP contribution < -0.4 is 10.5 Å². The normalized spacial score (nSPS) is 12.1. The van der Waals surface area contributed by atoms with Gasteiger partial charge in [-0.25, -0.2) is 13.1 Å². The van der Waals surface area contributed by atoms with Crippen molar-refractivity contribution in [1.29, 1.82) is 0 Å². The molecule has 0 aliphatic heterocycles. The average Bonchev–Trinajstić information content (AvgIpc) is 2.12. The van der Waals surface area contributed by atoms with Crippen LogP contribution in [0.2, 0.25) is 0 Å². The summed E-state index contributed by atoms with van der Waals surface area (Å²) >= 11 is 6.46. The van der Waals surface area contributed by atoms with Crippen molar-refractivity contribution < 1.29 is 8.42 Å². The van der Waals surface area contributed by atoms with Gasteiger partial charge in [-0.3, -0.25) is 0 Å². The fourth-order valence-corrected chi connectivity index (χ4v) is 4.49. The molecule has 1 aromatic carbocycles. The molecule has 0 atom stereocenters. The van der Waals surface area contributed by atoms with E-state index in [9.17, 15) is 8.42 Å². The lowest BCUT2D eigenvalue weighted by atomic mass is 10.2. The smallest absolute Gasteiger partial charge is 0.243 e. The molecule has 96 valence electrons. The molecule has 0 bridgehead atoms. The lowest BCUT2D eigenvalue weighted by Gasteiger charge is -2.12. The van der Waals surface area contributed by atoms with E-state index in [0.29, 0.717) is 11.0 Å². The summed E-state index contributed by atoms with van der Waals surface area (Å²) in [6.07, 6.45) is 0. The van der Waals surface area contributed by atoms with E-state index in [1.807, 2.05) is 13.8 Å². The minimum absolute atomic E-state index is 0.0846. The summed E-state index contributed by atoms with van der Waals surface area (Å²) in [4.78, 5) is 0.0846. The molecule has 0 aromatic heterocycles. The Morgan fingerprint density at radius 2 is 1.94 bits per heavy atom. The molecule has 0 heterocycles. The predicted octanol–water partition coefficient (Wildman–Crippen LogP) is 2.73. The molecule has 1 aromatic rings. The van der Waals surface area contributed by atoms with Crippen molar-refractivity contribution in [3.63, 3.8) is 0 Å². The predicted molar refractivity (Wildman–Crippen MR) is 76.3 cm³/mol. The summed E-state index contributed by atoms with van der Waals surface area (Å²) in [7, 11) is -3.58. The second-order valence-corrected chi connectivity index (χ2v) is 7.53. The largest absolute Gasteiger partial charge is 0.398 e. The first-order chi connectivity index (χ1) is 7.74. The van der Waals surface area contributed by atoms with E-state index < -0.39 is 10.0 Å². The highest BCUT2D eigenvalue weighted by Crippen LogP contribution is 2.31. The highest BCUT2D eigenvalue weighted by Gasteiger charge is 2.21. The number of nitrogen functional groups attached to an aromatic ring is 1. The lowest BCUT2D eigenvalue weighted by Crippen LogP contribution is -2.28. The third-order valence-corrected chi connectivity index (χ3v) is 4.87. The molecule has 0 radical (unpaired) electrons. The van der Waals surface area contributed by atoms with Crippen molar-refractivity contribution in [2.24, 2.45) is 5.92 Å². The SMILES string of the molecule is CC(C)CNS(=O)(=O)c1c(N)cc(Br)cc1Br. The number of nitrogens with two attached hydrogens (primary N) is 1. The van der Waals surface area contributed by atoms with Gasteiger partial charge in [0.15, 0.2) is 0 Å². The van der Waals surface area contributed by atoms with Gasteiger partial charge in [0.2, 0.25) is 10.0 Å². The van der Waals surface area contributed by atoms with E-state index in [2.05, 4.69) is 36.6 Å². The van der Waals surface area contributed by atoms with E-state index >= 15 is 0 Å². The third kappa shape index (κ3) is 3.94. The molecule has 0 saturated carbocycles. The van der Waals surface area contributed by atoms with Gasteiger partial charge >= 0.3 is 0 Å².